The largest absolute Gasteiger partial charge is 0.350 e. The molecule has 0 aliphatic carbocycles. The van der Waals surface area contributed by atoms with Gasteiger partial charge in [-0.05, 0) is 56.7 Å². The molecule has 31 heavy (non-hydrogen) atoms. The quantitative estimate of drug-likeness (QED) is 0.456. The van der Waals surface area contributed by atoms with Crippen molar-refractivity contribution in [3.63, 3.8) is 0 Å². The Morgan fingerprint density at radius 3 is 2.45 bits per heavy atom. The van der Waals surface area contributed by atoms with Gasteiger partial charge in [0.25, 0.3) is 5.91 Å². The van der Waals surface area contributed by atoms with Gasteiger partial charge in [-0.3, -0.25) is 9.59 Å². The Morgan fingerprint density at radius 1 is 1.03 bits per heavy atom. The number of carbonyl (C=O) groups is 2. The van der Waals surface area contributed by atoms with Crippen molar-refractivity contribution in [3.8, 4) is 0 Å². The highest BCUT2D eigenvalue weighted by Crippen LogP contribution is 2.25. The number of amides is 2. The van der Waals surface area contributed by atoms with E-state index in [9.17, 15) is 9.59 Å². The molecule has 0 saturated heterocycles. The van der Waals surface area contributed by atoms with Crippen LogP contribution < -0.4 is 10.6 Å². The van der Waals surface area contributed by atoms with E-state index in [1.807, 2.05) is 74.9 Å². The van der Waals surface area contributed by atoms with Crippen LogP contribution in [0.5, 0.6) is 0 Å². The number of aryl methyl sites for hydroxylation is 1. The lowest BCUT2D eigenvalue weighted by Crippen LogP contribution is -2.34. The lowest BCUT2D eigenvalue weighted by atomic mass is 10.2. The molecule has 0 radical (unpaired) electrons. The Morgan fingerprint density at radius 2 is 1.77 bits per heavy atom. The van der Waals surface area contributed by atoms with Gasteiger partial charge in [0.1, 0.15) is 0 Å². The van der Waals surface area contributed by atoms with Gasteiger partial charge in [0, 0.05) is 22.0 Å². The maximum atomic E-state index is 12.9. The third kappa shape index (κ3) is 6.69. The molecule has 1 unspecified atom stereocenters. The van der Waals surface area contributed by atoms with Crippen LogP contribution in [0, 0.1) is 6.92 Å². The van der Waals surface area contributed by atoms with E-state index in [0.29, 0.717) is 12.1 Å². The molecule has 1 atom stereocenters. The van der Waals surface area contributed by atoms with E-state index in [2.05, 4.69) is 21.6 Å². The van der Waals surface area contributed by atoms with E-state index >= 15 is 0 Å². The van der Waals surface area contributed by atoms with Crippen molar-refractivity contribution in [1.29, 1.82) is 0 Å². The molecular weight excluding hydrogens is 426 g/mol. The molecule has 5 nitrogen and oxygen atoms in total. The molecule has 3 aromatic rings. The van der Waals surface area contributed by atoms with E-state index in [4.69, 9.17) is 0 Å². The van der Waals surface area contributed by atoms with Gasteiger partial charge in [-0.1, -0.05) is 35.9 Å². The highest BCUT2D eigenvalue weighted by molar-refractivity contribution is 8.00. The highest BCUT2D eigenvalue weighted by atomic mass is 32.2. The number of hydrogen-bond acceptors (Lipinski definition) is 5. The van der Waals surface area contributed by atoms with Gasteiger partial charge in [-0.15, -0.1) is 23.1 Å². The summed E-state index contributed by atoms with van der Waals surface area (Å²) in [5.74, 6) is -0.00637. The van der Waals surface area contributed by atoms with Gasteiger partial charge >= 0.3 is 0 Å². The van der Waals surface area contributed by atoms with Gasteiger partial charge < -0.3 is 15.5 Å². The summed E-state index contributed by atoms with van der Waals surface area (Å²) >= 11 is 3.04. The van der Waals surface area contributed by atoms with Crippen molar-refractivity contribution < 1.29 is 9.59 Å². The normalized spacial score (nSPS) is 11.9. The number of rotatable bonds is 9. The van der Waals surface area contributed by atoms with Crippen LogP contribution in [0.1, 0.15) is 26.8 Å². The summed E-state index contributed by atoms with van der Waals surface area (Å²) < 4.78 is 0. The maximum absolute atomic E-state index is 12.9. The molecule has 3 rings (SSSR count). The smallest absolute Gasteiger partial charge is 0.252 e. The molecule has 2 amide bonds. The number of carbonyl (C=O) groups excluding carboxylic acids is 2. The topological polar surface area (TPSA) is 61.4 Å². The molecule has 0 aliphatic heterocycles. The second kappa shape index (κ2) is 11.1. The number of benzene rings is 2. The number of thioether (sulfide) groups is 1. The molecule has 0 bridgehead atoms. The molecule has 2 aromatic carbocycles. The minimum absolute atomic E-state index is 0.102. The highest BCUT2D eigenvalue weighted by Gasteiger charge is 2.18. The van der Waals surface area contributed by atoms with Gasteiger partial charge in [-0.2, -0.15) is 0 Å². The van der Waals surface area contributed by atoms with Crippen molar-refractivity contribution >= 4 is 40.6 Å². The van der Waals surface area contributed by atoms with Crippen molar-refractivity contribution in [2.45, 2.75) is 17.9 Å². The van der Waals surface area contributed by atoms with Crippen LogP contribution in [-0.2, 0) is 4.79 Å². The van der Waals surface area contributed by atoms with Crippen molar-refractivity contribution in [1.82, 2.24) is 10.2 Å². The van der Waals surface area contributed by atoms with E-state index in [-0.39, 0.29) is 23.6 Å². The number of hydrogen-bond donors (Lipinski definition) is 2. The van der Waals surface area contributed by atoms with Gasteiger partial charge in [0.05, 0.1) is 17.4 Å². The summed E-state index contributed by atoms with van der Waals surface area (Å²) in [6.07, 6.45) is 0. The number of anilines is 1. The first kappa shape index (κ1) is 23.1. The van der Waals surface area contributed by atoms with Crippen LogP contribution in [0.4, 0.5) is 5.69 Å². The number of nitrogens with zero attached hydrogens (tertiary/aromatic N) is 1. The maximum Gasteiger partial charge on any atom is 0.252 e. The Bertz CT molecular complexity index is 1000. The zero-order valence-electron chi connectivity index (χ0n) is 17.9. The fraction of sp³-hybridized carbons (Fsp3) is 0.250. The first-order chi connectivity index (χ1) is 14.9. The van der Waals surface area contributed by atoms with Crippen LogP contribution in [0.2, 0.25) is 0 Å². The van der Waals surface area contributed by atoms with Crippen LogP contribution >= 0.6 is 23.1 Å². The van der Waals surface area contributed by atoms with Gasteiger partial charge in [0.15, 0.2) is 0 Å². The fourth-order valence-electron chi connectivity index (χ4n) is 3.06. The summed E-state index contributed by atoms with van der Waals surface area (Å²) in [5.41, 5.74) is 2.49. The van der Waals surface area contributed by atoms with Crippen molar-refractivity contribution in [2.24, 2.45) is 0 Å². The second-order valence-corrected chi connectivity index (χ2v) is 9.40. The van der Waals surface area contributed by atoms with E-state index < -0.39 is 0 Å². The predicted molar refractivity (Wildman–Crippen MR) is 130 cm³/mol. The van der Waals surface area contributed by atoms with Crippen LogP contribution in [-0.4, -0.2) is 43.1 Å². The number of thiophene rings is 1. The first-order valence-electron chi connectivity index (χ1n) is 10.0. The Balaban J connectivity index is 1.59. The minimum atomic E-state index is -0.134. The SMILES string of the molecule is Cc1ccc(NC(=O)CSc2ccccc2C(=O)NCC(c2cccs2)N(C)C)cc1. The molecular formula is C24H27N3O2S2. The van der Waals surface area contributed by atoms with E-state index in [0.717, 1.165) is 16.1 Å². The number of likely N-dealkylation sites (N-methyl/N-ethyl adjacent to an activating group) is 1. The van der Waals surface area contributed by atoms with Crippen molar-refractivity contribution in [3.05, 3.63) is 82.0 Å². The Labute approximate surface area is 191 Å². The summed E-state index contributed by atoms with van der Waals surface area (Å²) in [4.78, 5) is 29.3. The van der Waals surface area contributed by atoms with E-state index in [1.54, 1.807) is 17.4 Å². The van der Waals surface area contributed by atoms with Crippen LogP contribution in [0.15, 0.2) is 70.9 Å². The molecule has 0 aliphatic rings. The minimum Gasteiger partial charge on any atom is -0.350 e. The summed E-state index contributed by atoms with van der Waals surface area (Å²) in [5, 5.41) is 7.99. The monoisotopic (exact) mass is 453 g/mol. The van der Waals surface area contributed by atoms with Gasteiger partial charge in [-0.25, -0.2) is 0 Å². The summed E-state index contributed by atoms with van der Waals surface area (Å²) in [6.45, 7) is 2.52. The molecule has 0 saturated carbocycles. The lowest BCUT2D eigenvalue weighted by molar-refractivity contribution is -0.113. The predicted octanol–water partition coefficient (Wildman–Crippen LogP) is 4.82. The molecule has 0 spiro atoms. The van der Waals surface area contributed by atoms with Crippen molar-refractivity contribution in [2.75, 3.05) is 31.7 Å². The number of nitrogens with one attached hydrogen (secondary N) is 2. The average Bonchev–Trinajstić information content (AvgIpc) is 3.28. The third-order valence-electron chi connectivity index (χ3n) is 4.78. The lowest BCUT2D eigenvalue weighted by Gasteiger charge is -2.23. The zero-order valence-corrected chi connectivity index (χ0v) is 19.6. The molecule has 1 aromatic heterocycles. The Hall–Kier alpha value is -2.61. The molecule has 0 fully saturated rings. The first-order valence-corrected chi connectivity index (χ1v) is 11.9. The molecule has 1 heterocycles. The zero-order chi connectivity index (χ0) is 22.2. The standard InChI is InChI=1S/C24H27N3O2S2/c1-17-10-12-18(13-11-17)26-23(28)16-31-21-8-5-4-7-19(21)24(29)25-15-20(27(2)3)22-9-6-14-30-22/h4-14,20H,15-16H2,1-3H3,(H,25,29)(H,26,28). The van der Waals surface area contributed by atoms with E-state index in [1.165, 1.54) is 16.6 Å². The second-order valence-electron chi connectivity index (χ2n) is 7.40. The summed E-state index contributed by atoms with van der Waals surface area (Å²) in [6, 6.07) is 19.3. The molecule has 7 heteroatoms. The average molecular weight is 454 g/mol. The fourth-order valence-corrected chi connectivity index (χ4v) is 4.83. The van der Waals surface area contributed by atoms with Gasteiger partial charge in [0.2, 0.25) is 5.91 Å². The van der Waals surface area contributed by atoms with Crippen LogP contribution in [0.3, 0.4) is 0 Å². The van der Waals surface area contributed by atoms with Crippen LogP contribution in [0.25, 0.3) is 0 Å². The third-order valence-corrected chi connectivity index (χ3v) is 6.82. The Kier molecular flexibility index (Phi) is 8.28. The summed E-state index contributed by atoms with van der Waals surface area (Å²) in [7, 11) is 4.01. The molecule has 2 N–H and O–H groups in total. The molecule has 162 valence electrons.